The molecule has 0 spiro atoms. The van der Waals surface area contributed by atoms with Gasteiger partial charge in [-0.2, -0.15) is 4.98 Å². The average Bonchev–Trinajstić information content (AvgIpc) is 3.26. The van der Waals surface area contributed by atoms with Crippen LogP contribution in [0.1, 0.15) is 11.1 Å². The van der Waals surface area contributed by atoms with E-state index in [4.69, 9.17) is 0 Å². The quantitative estimate of drug-likeness (QED) is 0.586. The van der Waals surface area contributed by atoms with Crippen LogP contribution < -0.4 is 16.6 Å². The number of hydrogen-bond donors (Lipinski definition) is 1. The van der Waals surface area contributed by atoms with E-state index in [1.165, 1.54) is 28.8 Å². The normalized spacial score (nSPS) is 13.1. The van der Waals surface area contributed by atoms with Gasteiger partial charge in [0, 0.05) is 38.1 Å². The monoisotopic (exact) mass is 413 g/mol. The summed E-state index contributed by atoms with van der Waals surface area (Å²) in [6, 6.07) is 5.89. The molecular formula is C19H19N5O4S. The molecule has 3 aromatic rings. The summed E-state index contributed by atoms with van der Waals surface area (Å²) in [5.41, 5.74) is 1.93. The van der Waals surface area contributed by atoms with Crippen molar-refractivity contribution in [1.82, 2.24) is 18.7 Å². The number of nitrogens with one attached hydrogen (secondary N) is 1. The number of anilines is 1. The van der Waals surface area contributed by atoms with Gasteiger partial charge in [0.15, 0.2) is 11.2 Å². The van der Waals surface area contributed by atoms with Crippen LogP contribution >= 0.6 is 0 Å². The molecule has 0 unspecified atom stereocenters. The largest absolute Gasteiger partial charge is 0.384 e. The van der Waals surface area contributed by atoms with Crippen LogP contribution in [0.25, 0.3) is 11.2 Å². The van der Waals surface area contributed by atoms with Gasteiger partial charge >= 0.3 is 5.69 Å². The molecule has 0 saturated carbocycles. The Morgan fingerprint density at radius 1 is 1.21 bits per heavy atom. The van der Waals surface area contributed by atoms with Crippen molar-refractivity contribution in [3.8, 4) is 11.8 Å². The first-order valence-corrected chi connectivity index (χ1v) is 10.8. The summed E-state index contributed by atoms with van der Waals surface area (Å²) in [7, 11) is -0.902. The zero-order valence-electron chi connectivity index (χ0n) is 16.2. The van der Waals surface area contributed by atoms with Gasteiger partial charge in [-0.15, -0.1) is 0 Å². The number of hydrogen-bond acceptors (Lipinski definition) is 6. The van der Waals surface area contributed by atoms with Gasteiger partial charge in [-0.25, -0.2) is 13.2 Å². The first-order valence-electron chi connectivity index (χ1n) is 8.90. The minimum absolute atomic E-state index is 0.00550. The molecule has 2 aromatic heterocycles. The molecule has 0 radical (unpaired) electrons. The van der Waals surface area contributed by atoms with Crippen molar-refractivity contribution < 1.29 is 8.42 Å². The van der Waals surface area contributed by atoms with Gasteiger partial charge < -0.3 is 9.88 Å². The summed E-state index contributed by atoms with van der Waals surface area (Å²) in [6.07, 6.45) is 1.99. The van der Waals surface area contributed by atoms with Crippen LogP contribution in [0.5, 0.6) is 0 Å². The molecular weight excluding hydrogens is 394 g/mol. The van der Waals surface area contributed by atoms with Crippen LogP contribution in [0.4, 0.5) is 5.69 Å². The average molecular weight is 413 g/mol. The number of imidazole rings is 1. The highest BCUT2D eigenvalue weighted by molar-refractivity contribution is 7.90. The Morgan fingerprint density at radius 3 is 2.69 bits per heavy atom. The fraction of sp³-hybridized carbons (Fsp3) is 0.316. The zero-order valence-corrected chi connectivity index (χ0v) is 17.0. The van der Waals surface area contributed by atoms with Crippen molar-refractivity contribution in [1.29, 1.82) is 0 Å². The summed E-state index contributed by atoms with van der Waals surface area (Å²) in [6.45, 7) is 0.869. The van der Waals surface area contributed by atoms with E-state index in [-0.39, 0.29) is 22.9 Å². The summed E-state index contributed by atoms with van der Waals surface area (Å²) in [5.74, 6) is 5.94. The molecule has 3 heterocycles. The topological polar surface area (TPSA) is 108 Å². The zero-order chi connectivity index (χ0) is 20.9. The Balaban J connectivity index is 1.82. The third-order valence-corrected chi connectivity index (χ3v) is 5.97. The molecule has 9 nitrogen and oxygen atoms in total. The van der Waals surface area contributed by atoms with Gasteiger partial charge in [0.2, 0.25) is 15.0 Å². The van der Waals surface area contributed by atoms with E-state index in [1.807, 2.05) is 18.2 Å². The third kappa shape index (κ3) is 3.13. The Hall–Kier alpha value is -3.32. The maximum absolute atomic E-state index is 12.6. The number of nitrogens with zero attached hydrogens (tertiary/aromatic N) is 4. The summed E-state index contributed by atoms with van der Waals surface area (Å²) >= 11 is 0. The standard InChI is InChI=1S/C19H19N5O4S/c1-22-15-16(21-18(22)29(3,27)28)24(19(26)23(2)17(15)25)10-4-5-12-6-7-13-8-9-20-14(13)11-12/h6-7,11,20H,8-10H2,1-3H3. The van der Waals surface area contributed by atoms with Crippen LogP contribution in [-0.2, 0) is 36.9 Å². The SMILES string of the molecule is Cn1c(=O)c2c(nc(S(C)(=O)=O)n2C)n(CC#Cc2ccc3c(c2)NCC3)c1=O. The smallest absolute Gasteiger partial charge is 0.333 e. The second-order valence-electron chi connectivity index (χ2n) is 6.98. The van der Waals surface area contributed by atoms with Crippen molar-refractivity contribution in [3.05, 3.63) is 50.2 Å². The Morgan fingerprint density at radius 2 is 1.97 bits per heavy atom. The van der Waals surface area contributed by atoms with Crippen LogP contribution in [0.15, 0.2) is 32.9 Å². The number of benzene rings is 1. The second-order valence-corrected chi connectivity index (χ2v) is 8.89. The molecule has 1 aliphatic heterocycles. The van der Waals surface area contributed by atoms with Gasteiger partial charge in [-0.05, 0) is 24.1 Å². The fourth-order valence-corrected chi connectivity index (χ4v) is 4.31. The highest BCUT2D eigenvalue weighted by Gasteiger charge is 2.23. The molecule has 150 valence electrons. The molecule has 10 heteroatoms. The molecule has 0 aliphatic carbocycles. The Kier molecular flexibility index (Phi) is 4.35. The third-order valence-electron chi connectivity index (χ3n) is 4.94. The summed E-state index contributed by atoms with van der Waals surface area (Å²) in [5, 5.41) is 3.01. The molecule has 4 rings (SSSR count). The van der Waals surface area contributed by atoms with E-state index in [1.54, 1.807) is 0 Å². The van der Waals surface area contributed by atoms with Crippen molar-refractivity contribution in [2.24, 2.45) is 14.1 Å². The number of fused-ring (bicyclic) bond motifs is 2. The van der Waals surface area contributed by atoms with Gasteiger partial charge in [-0.1, -0.05) is 17.9 Å². The summed E-state index contributed by atoms with van der Waals surface area (Å²) in [4.78, 5) is 29.2. The maximum Gasteiger partial charge on any atom is 0.333 e. The summed E-state index contributed by atoms with van der Waals surface area (Å²) < 4.78 is 27.3. The van der Waals surface area contributed by atoms with E-state index < -0.39 is 21.1 Å². The maximum atomic E-state index is 12.6. The van der Waals surface area contributed by atoms with Crippen molar-refractivity contribution >= 4 is 26.7 Å². The number of rotatable bonds is 2. The van der Waals surface area contributed by atoms with Crippen LogP contribution in [0, 0.1) is 11.8 Å². The fourth-order valence-electron chi connectivity index (χ4n) is 3.47. The Labute approximate surface area is 166 Å². The van der Waals surface area contributed by atoms with Crippen molar-refractivity contribution in [3.63, 3.8) is 0 Å². The van der Waals surface area contributed by atoms with Crippen molar-refractivity contribution in [2.75, 3.05) is 18.1 Å². The predicted octanol–water partition coefficient (Wildman–Crippen LogP) is -0.143. The Bertz CT molecular complexity index is 1450. The molecule has 0 amide bonds. The van der Waals surface area contributed by atoms with Crippen LogP contribution in [0.3, 0.4) is 0 Å². The van der Waals surface area contributed by atoms with Gasteiger partial charge in [0.05, 0.1) is 6.54 Å². The predicted molar refractivity (Wildman–Crippen MR) is 109 cm³/mol. The lowest BCUT2D eigenvalue weighted by Crippen LogP contribution is -2.38. The number of aryl methyl sites for hydroxylation is 1. The molecule has 29 heavy (non-hydrogen) atoms. The molecule has 0 bridgehead atoms. The lowest BCUT2D eigenvalue weighted by molar-refractivity contribution is 0.586. The molecule has 0 saturated heterocycles. The van der Waals surface area contributed by atoms with Crippen LogP contribution in [-0.4, -0.2) is 39.9 Å². The second kappa shape index (κ2) is 6.63. The highest BCUT2D eigenvalue weighted by atomic mass is 32.2. The number of sulfone groups is 1. The van der Waals surface area contributed by atoms with Gasteiger partial charge in [0.1, 0.15) is 0 Å². The first-order chi connectivity index (χ1) is 13.7. The molecule has 1 aromatic carbocycles. The van der Waals surface area contributed by atoms with E-state index in [0.29, 0.717) is 0 Å². The molecule has 1 N–H and O–H groups in total. The van der Waals surface area contributed by atoms with E-state index in [9.17, 15) is 18.0 Å². The van der Waals surface area contributed by atoms with Gasteiger partial charge in [-0.3, -0.25) is 13.9 Å². The molecule has 0 atom stereocenters. The minimum atomic E-state index is -3.68. The first kappa shape index (κ1) is 19.0. The minimum Gasteiger partial charge on any atom is -0.384 e. The van der Waals surface area contributed by atoms with Crippen molar-refractivity contribution in [2.45, 2.75) is 18.1 Å². The molecule has 0 fully saturated rings. The van der Waals surface area contributed by atoms with E-state index in [0.717, 1.165) is 35.0 Å². The van der Waals surface area contributed by atoms with Gasteiger partial charge in [0.25, 0.3) is 5.56 Å². The van der Waals surface area contributed by atoms with E-state index in [2.05, 4.69) is 22.1 Å². The number of aromatic nitrogens is 4. The van der Waals surface area contributed by atoms with Crippen LogP contribution in [0.2, 0.25) is 0 Å². The lowest BCUT2D eigenvalue weighted by atomic mass is 10.1. The molecule has 1 aliphatic rings. The highest BCUT2D eigenvalue weighted by Crippen LogP contribution is 2.22. The van der Waals surface area contributed by atoms with E-state index >= 15 is 0 Å². The lowest BCUT2D eigenvalue weighted by Gasteiger charge is -2.05.